The fourth-order valence-electron chi connectivity index (χ4n) is 1.65. The van der Waals surface area contributed by atoms with Crippen molar-refractivity contribution in [2.75, 3.05) is 0 Å². The van der Waals surface area contributed by atoms with E-state index in [1.807, 2.05) is 0 Å². The summed E-state index contributed by atoms with van der Waals surface area (Å²) in [7, 11) is 0. The zero-order chi connectivity index (χ0) is 13.9. The Morgan fingerprint density at radius 2 is 2.05 bits per heavy atom. The third-order valence-electron chi connectivity index (χ3n) is 2.59. The maximum absolute atomic E-state index is 12.8. The molecule has 0 bridgehead atoms. The lowest BCUT2D eigenvalue weighted by Gasteiger charge is -1.93. The van der Waals surface area contributed by atoms with Crippen molar-refractivity contribution in [1.82, 2.24) is 25.1 Å². The molecule has 0 fully saturated rings. The molecule has 0 saturated heterocycles. The fraction of sp³-hybridized carbons (Fsp3) is 0.167. The normalized spacial score (nSPS) is 10.9. The molecule has 2 aromatic heterocycles. The van der Waals surface area contributed by atoms with E-state index >= 15 is 0 Å². The van der Waals surface area contributed by atoms with Crippen LogP contribution in [0.5, 0.6) is 0 Å². The summed E-state index contributed by atoms with van der Waals surface area (Å²) < 4.78 is 19.5. The van der Waals surface area contributed by atoms with Crippen LogP contribution < -0.4 is 0 Å². The van der Waals surface area contributed by atoms with Crippen molar-refractivity contribution < 1.29 is 8.91 Å². The standard InChI is InChI=1S/C12H9ClFN5O/c13-5-10-6-19(18-16-10)7-11-15-12(20-17-11)8-1-3-9(14)4-2-8/h1-4,6H,5,7H2. The molecule has 1 aromatic carbocycles. The minimum atomic E-state index is -0.315. The molecule has 0 aliphatic carbocycles. The SMILES string of the molecule is Fc1ccc(-c2nc(Cn3cc(CCl)nn3)no2)cc1. The predicted molar refractivity (Wildman–Crippen MR) is 68.4 cm³/mol. The Kier molecular flexibility index (Phi) is 3.42. The number of rotatable bonds is 4. The zero-order valence-electron chi connectivity index (χ0n) is 10.2. The van der Waals surface area contributed by atoms with Gasteiger partial charge in [0.25, 0.3) is 5.89 Å². The molecule has 3 rings (SSSR count). The van der Waals surface area contributed by atoms with Gasteiger partial charge in [-0.2, -0.15) is 4.98 Å². The van der Waals surface area contributed by atoms with Gasteiger partial charge in [0.2, 0.25) is 0 Å². The Bertz CT molecular complexity index is 709. The summed E-state index contributed by atoms with van der Waals surface area (Å²) in [5.74, 6) is 0.769. The number of aromatic nitrogens is 5. The van der Waals surface area contributed by atoms with E-state index in [-0.39, 0.29) is 5.82 Å². The molecule has 6 nitrogen and oxygen atoms in total. The molecule has 0 saturated carbocycles. The molecule has 0 radical (unpaired) electrons. The first-order valence-corrected chi connectivity index (χ1v) is 6.31. The highest BCUT2D eigenvalue weighted by Crippen LogP contribution is 2.17. The van der Waals surface area contributed by atoms with Crippen LogP contribution in [0.1, 0.15) is 11.5 Å². The minimum Gasteiger partial charge on any atom is -0.334 e. The Labute approximate surface area is 118 Å². The zero-order valence-corrected chi connectivity index (χ0v) is 11.0. The molecule has 3 aromatic rings. The van der Waals surface area contributed by atoms with Gasteiger partial charge in [0, 0.05) is 5.56 Å². The number of hydrogen-bond donors (Lipinski definition) is 0. The molecule has 0 aliphatic rings. The van der Waals surface area contributed by atoms with Gasteiger partial charge in [-0.3, -0.25) is 0 Å². The Morgan fingerprint density at radius 3 is 2.75 bits per heavy atom. The molecular formula is C12H9ClFN5O. The number of hydrogen-bond acceptors (Lipinski definition) is 5. The number of halogens is 2. The second kappa shape index (κ2) is 5.38. The third kappa shape index (κ3) is 2.67. The summed E-state index contributed by atoms with van der Waals surface area (Å²) in [5.41, 5.74) is 1.33. The van der Waals surface area contributed by atoms with Crippen LogP contribution >= 0.6 is 11.6 Å². The van der Waals surface area contributed by atoms with E-state index in [9.17, 15) is 4.39 Å². The van der Waals surface area contributed by atoms with Crippen LogP contribution in [0.15, 0.2) is 35.0 Å². The summed E-state index contributed by atoms with van der Waals surface area (Å²) in [5, 5.41) is 11.6. The van der Waals surface area contributed by atoms with E-state index in [0.717, 1.165) is 0 Å². The van der Waals surface area contributed by atoms with E-state index < -0.39 is 0 Å². The van der Waals surface area contributed by atoms with E-state index in [4.69, 9.17) is 16.1 Å². The first-order chi connectivity index (χ1) is 9.74. The predicted octanol–water partition coefficient (Wildman–Crippen LogP) is 2.25. The molecule has 20 heavy (non-hydrogen) atoms. The summed E-state index contributed by atoms with van der Waals surface area (Å²) in [6.07, 6.45) is 1.71. The summed E-state index contributed by atoms with van der Waals surface area (Å²) >= 11 is 5.64. The molecule has 2 heterocycles. The van der Waals surface area contributed by atoms with Gasteiger partial charge in [0.15, 0.2) is 5.82 Å². The van der Waals surface area contributed by atoms with Crippen molar-refractivity contribution in [2.45, 2.75) is 12.4 Å². The molecule has 102 valence electrons. The van der Waals surface area contributed by atoms with Gasteiger partial charge in [-0.05, 0) is 24.3 Å². The second-order valence-corrected chi connectivity index (χ2v) is 4.33. The molecular weight excluding hydrogens is 285 g/mol. The van der Waals surface area contributed by atoms with Crippen molar-refractivity contribution in [3.8, 4) is 11.5 Å². The first kappa shape index (κ1) is 12.7. The van der Waals surface area contributed by atoms with Crippen LogP contribution in [-0.2, 0) is 12.4 Å². The van der Waals surface area contributed by atoms with Crippen LogP contribution in [0.3, 0.4) is 0 Å². The average molecular weight is 294 g/mol. The minimum absolute atomic E-state index is 0.299. The lowest BCUT2D eigenvalue weighted by atomic mass is 10.2. The molecule has 0 atom stereocenters. The maximum atomic E-state index is 12.8. The lowest BCUT2D eigenvalue weighted by Crippen LogP contribution is -2.02. The van der Waals surface area contributed by atoms with E-state index in [1.54, 1.807) is 23.0 Å². The average Bonchev–Trinajstić information content (AvgIpc) is 3.09. The molecule has 8 heteroatoms. The summed E-state index contributed by atoms with van der Waals surface area (Å²) in [4.78, 5) is 4.22. The quantitative estimate of drug-likeness (QED) is 0.690. The number of benzene rings is 1. The van der Waals surface area contributed by atoms with Crippen molar-refractivity contribution in [2.24, 2.45) is 0 Å². The highest BCUT2D eigenvalue weighted by Gasteiger charge is 2.10. The Morgan fingerprint density at radius 1 is 1.25 bits per heavy atom. The monoisotopic (exact) mass is 293 g/mol. The Balaban J connectivity index is 1.78. The van der Waals surface area contributed by atoms with Crippen LogP contribution in [0.25, 0.3) is 11.5 Å². The summed E-state index contributed by atoms with van der Waals surface area (Å²) in [6.45, 7) is 0.328. The van der Waals surface area contributed by atoms with Gasteiger partial charge < -0.3 is 4.52 Å². The van der Waals surface area contributed by atoms with Gasteiger partial charge in [0.1, 0.15) is 12.4 Å². The highest BCUT2D eigenvalue weighted by atomic mass is 35.5. The largest absolute Gasteiger partial charge is 0.334 e. The van der Waals surface area contributed by atoms with Gasteiger partial charge in [0.05, 0.1) is 17.8 Å². The maximum Gasteiger partial charge on any atom is 0.257 e. The van der Waals surface area contributed by atoms with Gasteiger partial charge >= 0.3 is 0 Å². The van der Waals surface area contributed by atoms with Crippen LogP contribution in [0.2, 0.25) is 0 Å². The highest BCUT2D eigenvalue weighted by molar-refractivity contribution is 6.16. The fourth-order valence-corrected chi connectivity index (χ4v) is 1.77. The molecule has 0 unspecified atom stereocenters. The van der Waals surface area contributed by atoms with Gasteiger partial charge in [-0.1, -0.05) is 10.4 Å². The molecule has 0 aliphatic heterocycles. The molecule has 0 amide bonds. The molecule has 0 spiro atoms. The van der Waals surface area contributed by atoms with Crippen LogP contribution in [-0.4, -0.2) is 25.1 Å². The topological polar surface area (TPSA) is 69.6 Å². The van der Waals surface area contributed by atoms with Crippen molar-refractivity contribution >= 4 is 11.6 Å². The summed E-state index contributed by atoms with van der Waals surface area (Å²) in [6, 6.07) is 5.83. The van der Waals surface area contributed by atoms with Gasteiger partial charge in [-0.25, -0.2) is 9.07 Å². The lowest BCUT2D eigenvalue weighted by molar-refractivity contribution is 0.418. The Hall–Kier alpha value is -2.28. The number of nitrogens with zero attached hydrogens (tertiary/aromatic N) is 5. The number of alkyl halides is 1. The second-order valence-electron chi connectivity index (χ2n) is 4.06. The smallest absolute Gasteiger partial charge is 0.257 e. The van der Waals surface area contributed by atoms with E-state index in [1.165, 1.54) is 12.1 Å². The van der Waals surface area contributed by atoms with E-state index in [2.05, 4.69) is 20.5 Å². The van der Waals surface area contributed by atoms with Crippen molar-refractivity contribution in [1.29, 1.82) is 0 Å². The first-order valence-electron chi connectivity index (χ1n) is 5.78. The van der Waals surface area contributed by atoms with Crippen molar-refractivity contribution in [3.63, 3.8) is 0 Å². The van der Waals surface area contributed by atoms with Crippen LogP contribution in [0.4, 0.5) is 4.39 Å². The van der Waals surface area contributed by atoms with Gasteiger partial charge in [-0.15, -0.1) is 16.7 Å². The molecule has 0 N–H and O–H groups in total. The third-order valence-corrected chi connectivity index (χ3v) is 2.86. The van der Waals surface area contributed by atoms with Crippen LogP contribution in [0, 0.1) is 5.82 Å². The van der Waals surface area contributed by atoms with Crippen molar-refractivity contribution in [3.05, 3.63) is 47.8 Å². The van der Waals surface area contributed by atoms with E-state index in [0.29, 0.717) is 35.4 Å².